The minimum Gasteiger partial charge on any atom is -0.451 e. The molecular weight excluding hydrogens is 433 g/mol. The Morgan fingerprint density at radius 3 is 0.576 bits per heavy atom. The van der Waals surface area contributed by atoms with Crippen LogP contribution in [0.2, 0.25) is 33.2 Å². The van der Waals surface area contributed by atoms with Crippen molar-refractivity contribution in [2.45, 2.75) is 33.2 Å². The van der Waals surface area contributed by atoms with Gasteiger partial charge in [0.25, 0.3) is 0 Å². The molecule has 0 aromatic rings. The zero-order valence-corrected chi connectivity index (χ0v) is 20.7. The molecule has 0 aromatic heterocycles. The Kier molecular flexibility index (Phi) is 5.41. The molecule has 0 aliphatic heterocycles. The molecular formula is C30H30OSi2. The Balaban J connectivity index is 1.57. The van der Waals surface area contributed by atoms with Gasteiger partial charge in [-0.25, -0.2) is 0 Å². The van der Waals surface area contributed by atoms with Crippen molar-refractivity contribution in [3.63, 3.8) is 0 Å². The van der Waals surface area contributed by atoms with Gasteiger partial charge in [0.2, 0.25) is 16.6 Å². The number of hydrogen-bond donors (Lipinski definition) is 0. The molecule has 0 radical (unpaired) electrons. The molecule has 0 N–H and O–H groups in total. The molecule has 0 saturated carbocycles. The van der Waals surface area contributed by atoms with Crippen molar-refractivity contribution >= 4 is 16.6 Å². The first-order valence-corrected chi connectivity index (χ1v) is 16.4. The van der Waals surface area contributed by atoms with Crippen LogP contribution in [0, 0.1) is 0 Å². The smallest absolute Gasteiger partial charge is 0.212 e. The molecule has 0 fully saturated rings. The van der Waals surface area contributed by atoms with E-state index < -0.39 is 16.6 Å². The monoisotopic (exact) mass is 462 g/mol. The highest BCUT2D eigenvalue weighted by atomic mass is 28.4. The van der Waals surface area contributed by atoms with Crippen molar-refractivity contribution in [3.05, 3.63) is 146 Å². The molecule has 6 aliphatic rings. The SMILES string of the molecule is C1=CC([Si](O[Si](C2C=CC=C2)(C2C=CC=C2)C2C=CC=C2)(C2C=CC=C2)C2C=CC=C2)C=C1. The van der Waals surface area contributed by atoms with Crippen LogP contribution >= 0.6 is 0 Å². The molecule has 0 saturated heterocycles. The molecule has 33 heavy (non-hydrogen) atoms. The summed E-state index contributed by atoms with van der Waals surface area (Å²) in [6.45, 7) is 0. The molecule has 1 nitrogen and oxygen atoms in total. The lowest BCUT2D eigenvalue weighted by Gasteiger charge is -2.53. The summed E-state index contributed by atoms with van der Waals surface area (Å²) in [5.74, 6) is 0. The summed E-state index contributed by atoms with van der Waals surface area (Å²) in [4.78, 5) is 0. The zero-order valence-electron chi connectivity index (χ0n) is 18.7. The summed E-state index contributed by atoms with van der Waals surface area (Å²) in [6, 6.07) is 0. The van der Waals surface area contributed by atoms with Crippen LogP contribution in [0.15, 0.2) is 146 Å². The maximum absolute atomic E-state index is 8.19. The lowest BCUT2D eigenvalue weighted by atomic mass is 10.4. The van der Waals surface area contributed by atoms with Gasteiger partial charge in [-0.3, -0.25) is 0 Å². The van der Waals surface area contributed by atoms with E-state index in [2.05, 4.69) is 146 Å². The first kappa shape index (κ1) is 20.9. The third kappa shape index (κ3) is 3.30. The topological polar surface area (TPSA) is 9.23 Å². The summed E-state index contributed by atoms with van der Waals surface area (Å²) in [7, 11) is -4.99. The van der Waals surface area contributed by atoms with Crippen LogP contribution < -0.4 is 0 Å². The summed E-state index contributed by atoms with van der Waals surface area (Å²) < 4.78 is 8.19. The summed E-state index contributed by atoms with van der Waals surface area (Å²) in [5, 5.41) is 0. The highest BCUT2D eigenvalue weighted by Crippen LogP contribution is 2.58. The largest absolute Gasteiger partial charge is 0.451 e. The fourth-order valence-electron chi connectivity index (χ4n) is 6.44. The molecule has 0 amide bonds. The summed E-state index contributed by atoms with van der Waals surface area (Å²) in [5.41, 5.74) is 2.07. The van der Waals surface area contributed by atoms with Gasteiger partial charge in [0.15, 0.2) is 0 Å². The van der Waals surface area contributed by atoms with Crippen LogP contribution in [0.3, 0.4) is 0 Å². The number of allylic oxidation sites excluding steroid dienone is 24. The van der Waals surface area contributed by atoms with Crippen molar-refractivity contribution in [2.24, 2.45) is 0 Å². The quantitative estimate of drug-likeness (QED) is 0.333. The standard InChI is InChI=1S/C30H30OSi2/c1-2-14-25(13-1)32(26-15-3-4-16-26,27-17-5-6-18-27)31-33(28-19-7-8-20-28,29-21-9-10-22-29)30-23-11-12-24-30/h1-30H. The van der Waals surface area contributed by atoms with E-state index in [0.29, 0.717) is 33.2 Å². The Morgan fingerprint density at radius 2 is 0.424 bits per heavy atom. The average Bonchev–Trinajstić information content (AvgIpc) is 3.72. The molecule has 0 spiro atoms. The van der Waals surface area contributed by atoms with Gasteiger partial charge in [0.1, 0.15) is 0 Å². The number of rotatable bonds is 8. The molecule has 0 heterocycles. The Labute approximate surface area is 199 Å². The van der Waals surface area contributed by atoms with E-state index in [9.17, 15) is 0 Å². The molecule has 3 heteroatoms. The highest BCUT2D eigenvalue weighted by Gasteiger charge is 2.61. The van der Waals surface area contributed by atoms with Gasteiger partial charge in [-0.2, -0.15) is 0 Å². The summed E-state index contributed by atoms with van der Waals surface area (Å²) in [6.07, 6.45) is 55.6. The van der Waals surface area contributed by atoms with Crippen molar-refractivity contribution in [2.75, 3.05) is 0 Å². The van der Waals surface area contributed by atoms with Crippen LogP contribution in [0.1, 0.15) is 0 Å². The van der Waals surface area contributed by atoms with E-state index in [4.69, 9.17) is 4.12 Å². The molecule has 6 aliphatic carbocycles. The van der Waals surface area contributed by atoms with Crippen LogP contribution in [-0.2, 0) is 4.12 Å². The molecule has 0 unspecified atom stereocenters. The normalized spacial score (nSPS) is 24.7. The van der Waals surface area contributed by atoms with E-state index in [1.165, 1.54) is 0 Å². The van der Waals surface area contributed by atoms with Crippen molar-refractivity contribution < 1.29 is 4.12 Å². The first-order valence-electron chi connectivity index (χ1n) is 12.1. The van der Waals surface area contributed by atoms with Gasteiger partial charge in [-0.05, 0) is 0 Å². The van der Waals surface area contributed by atoms with Gasteiger partial charge < -0.3 is 4.12 Å². The van der Waals surface area contributed by atoms with Crippen LogP contribution in [0.25, 0.3) is 0 Å². The van der Waals surface area contributed by atoms with Gasteiger partial charge >= 0.3 is 0 Å². The van der Waals surface area contributed by atoms with Crippen molar-refractivity contribution in [1.82, 2.24) is 0 Å². The fourth-order valence-corrected chi connectivity index (χ4v) is 19.8. The predicted octanol–water partition coefficient (Wildman–Crippen LogP) is 7.87. The maximum Gasteiger partial charge on any atom is 0.212 e. The third-order valence-electron chi connectivity index (χ3n) is 7.97. The number of hydrogen-bond acceptors (Lipinski definition) is 1. The van der Waals surface area contributed by atoms with E-state index in [-0.39, 0.29) is 0 Å². The van der Waals surface area contributed by atoms with Crippen LogP contribution in [0.4, 0.5) is 0 Å². The van der Waals surface area contributed by atoms with E-state index in [0.717, 1.165) is 0 Å². The van der Waals surface area contributed by atoms with E-state index in [1.807, 2.05) is 0 Å². The lowest BCUT2D eigenvalue weighted by molar-refractivity contribution is 0.481. The van der Waals surface area contributed by atoms with Crippen LogP contribution in [0.5, 0.6) is 0 Å². The molecule has 0 aromatic carbocycles. The van der Waals surface area contributed by atoms with Gasteiger partial charge in [-0.1, -0.05) is 146 Å². The van der Waals surface area contributed by atoms with E-state index >= 15 is 0 Å². The second kappa shape index (κ2) is 8.56. The lowest BCUT2D eigenvalue weighted by Crippen LogP contribution is -2.61. The van der Waals surface area contributed by atoms with Gasteiger partial charge in [0, 0.05) is 33.2 Å². The molecule has 164 valence electrons. The predicted molar refractivity (Wildman–Crippen MR) is 145 cm³/mol. The Hall–Kier alpha value is -2.73. The second-order valence-corrected chi connectivity index (χ2v) is 17.8. The fraction of sp³-hybridized carbons (Fsp3) is 0.200. The van der Waals surface area contributed by atoms with Crippen molar-refractivity contribution in [1.29, 1.82) is 0 Å². The van der Waals surface area contributed by atoms with E-state index in [1.54, 1.807) is 0 Å². The zero-order chi connectivity index (χ0) is 22.1. The highest BCUT2D eigenvalue weighted by molar-refractivity contribution is 6.94. The minimum atomic E-state index is -2.50. The second-order valence-electron chi connectivity index (χ2n) is 9.58. The molecule has 0 bridgehead atoms. The Morgan fingerprint density at radius 1 is 0.273 bits per heavy atom. The molecule has 0 atom stereocenters. The summed E-state index contributed by atoms with van der Waals surface area (Å²) >= 11 is 0. The maximum atomic E-state index is 8.19. The van der Waals surface area contributed by atoms with Gasteiger partial charge in [-0.15, -0.1) is 0 Å². The average molecular weight is 463 g/mol. The Bertz CT molecular complexity index is 849. The third-order valence-corrected chi connectivity index (χ3v) is 19.4. The van der Waals surface area contributed by atoms with Gasteiger partial charge in [0.05, 0.1) is 0 Å². The van der Waals surface area contributed by atoms with Crippen LogP contribution in [-0.4, -0.2) is 16.6 Å². The first-order chi connectivity index (χ1) is 16.3. The van der Waals surface area contributed by atoms with Crippen molar-refractivity contribution in [3.8, 4) is 0 Å². The minimum absolute atomic E-state index is 0.345. The molecule has 6 rings (SSSR count).